The molecule has 0 saturated heterocycles. The van der Waals surface area contributed by atoms with Gasteiger partial charge in [0.15, 0.2) is 0 Å². The first-order chi connectivity index (χ1) is 10.8. The standard InChI is InChI=1S/C12H10F8N2OS/c13-7-3-6(4-8(14)5-7)10(21,11(15,16)17)9(23)22-1-2-24-12(18,19)20/h3-5H,1-2,21H2,(H,22,23)/t10-/m1/s1. The van der Waals surface area contributed by atoms with Crippen LogP contribution >= 0.6 is 11.8 Å². The van der Waals surface area contributed by atoms with Gasteiger partial charge in [0.25, 0.3) is 5.91 Å². The van der Waals surface area contributed by atoms with Gasteiger partial charge in [-0.1, -0.05) is 0 Å². The molecule has 1 rings (SSSR count). The number of carbonyl (C=O) groups is 1. The Kier molecular flexibility index (Phi) is 6.09. The van der Waals surface area contributed by atoms with Crippen molar-refractivity contribution in [3.63, 3.8) is 0 Å². The molecule has 3 nitrogen and oxygen atoms in total. The summed E-state index contributed by atoms with van der Waals surface area (Å²) in [6.07, 6.45) is -5.45. The zero-order valence-corrected chi connectivity index (χ0v) is 12.4. The molecule has 0 aromatic heterocycles. The zero-order valence-electron chi connectivity index (χ0n) is 11.6. The first kappa shape index (κ1) is 20.5. The summed E-state index contributed by atoms with van der Waals surface area (Å²) in [5.41, 5.74) is -4.61. The summed E-state index contributed by atoms with van der Waals surface area (Å²) in [7, 11) is 0. The number of nitrogens with one attached hydrogen (secondary N) is 1. The molecule has 0 aliphatic rings. The van der Waals surface area contributed by atoms with Crippen LogP contribution in [0.2, 0.25) is 0 Å². The summed E-state index contributed by atoms with van der Waals surface area (Å²) in [6.45, 7) is -0.782. The Bertz CT molecular complexity index is 583. The van der Waals surface area contributed by atoms with E-state index in [9.17, 15) is 39.9 Å². The summed E-state index contributed by atoms with van der Waals surface area (Å²) in [5, 5.41) is 1.59. The minimum Gasteiger partial charge on any atom is -0.353 e. The van der Waals surface area contributed by atoms with E-state index < -0.39 is 64.4 Å². The van der Waals surface area contributed by atoms with E-state index in [1.54, 1.807) is 5.32 Å². The summed E-state index contributed by atoms with van der Waals surface area (Å²) in [6, 6.07) is 0.722. The maximum Gasteiger partial charge on any atom is 0.441 e. The average molecular weight is 382 g/mol. The van der Waals surface area contributed by atoms with Crippen molar-refractivity contribution in [3.8, 4) is 0 Å². The van der Waals surface area contributed by atoms with Crippen molar-refractivity contribution in [1.29, 1.82) is 0 Å². The molecule has 0 bridgehead atoms. The number of amides is 1. The second-order valence-corrected chi connectivity index (χ2v) is 5.67. The topological polar surface area (TPSA) is 55.1 Å². The van der Waals surface area contributed by atoms with Gasteiger partial charge in [-0.05, 0) is 29.5 Å². The fraction of sp³-hybridized carbons (Fsp3) is 0.417. The van der Waals surface area contributed by atoms with Gasteiger partial charge in [-0.3, -0.25) is 4.79 Å². The summed E-state index contributed by atoms with van der Waals surface area (Å²) < 4.78 is 102. The van der Waals surface area contributed by atoms with E-state index in [2.05, 4.69) is 0 Å². The van der Waals surface area contributed by atoms with Crippen molar-refractivity contribution >= 4 is 17.7 Å². The van der Waals surface area contributed by atoms with Gasteiger partial charge in [0.1, 0.15) is 11.6 Å². The van der Waals surface area contributed by atoms with Crippen LogP contribution in [0, 0.1) is 11.6 Å². The number of hydrogen-bond donors (Lipinski definition) is 2. The lowest BCUT2D eigenvalue weighted by Gasteiger charge is -2.31. The molecular formula is C12H10F8N2OS. The Morgan fingerprint density at radius 2 is 1.54 bits per heavy atom. The van der Waals surface area contributed by atoms with Gasteiger partial charge in [-0.2, -0.15) is 26.3 Å². The molecule has 1 aromatic carbocycles. The summed E-state index contributed by atoms with van der Waals surface area (Å²) in [5.74, 6) is -5.49. The van der Waals surface area contributed by atoms with E-state index >= 15 is 0 Å². The van der Waals surface area contributed by atoms with Crippen LogP contribution in [0.15, 0.2) is 18.2 Å². The maximum absolute atomic E-state index is 13.2. The van der Waals surface area contributed by atoms with E-state index in [0.717, 1.165) is 0 Å². The van der Waals surface area contributed by atoms with Crippen LogP contribution in [-0.4, -0.2) is 29.9 Å². The van der Waals surface area contributed by atoms with Gasteiger partial charge >= 0.3 is 11.7 Å². The van der Waals surface area contributed by atoms with E-state index in [1.807, 2.05) is 0 Å². The van der Waals surface area contributed by atoms with E-state index in [0.29, 0.717) is 0 Å². The predicted octanol–water partition coefficient (Wildman–Crippen LogP) is 3.05. The molecule has 136 valence electrons. The smallest absolute Gasteiger partial charge is 0.353 e. The number of carbonyl (C=O) groups excluding carboxylic acids is 1. The van der Waals surface area contributed by atoms with Crippen LogP contribution in [-0.2, 0) is 10.3 Å². The molecule has 24 heavy (non-hydrogen) atoms. The molecule has 0 aliphatic heterocycles. The number of alkyl halides is 6. The van der Waals surface area contributed by atoms with Crippen molar-refractivity contribution in [3.05, 3.63) is 35.4 Å². The van der Waals surface area contributed by atoms with Gasteiger partial charge in [0, 0.05) is 18.4 Å². The van der Waals surface area contributed by atoms with Crippen molar-refractivity contribution < 1.29 is 39.9 Å². The van der Waals surface area contributed by atoms with Gasteiger partial charge in [0.2, 0.25) is 5.54 Å². The third kappa shape index (κ3) is 4.97. The van der Waals surface area contributed by atoms with Crippen LogP contribution in [0.5, 0.6) is 0 Å². The van der Waals surface area contributed by atoms with Gasteiger partial charge < -0.3 is 11.1 Å². The van der Waals surface area contributed by atoms with Crippen LogP contribution in [0.25, 0.3) is 0 Å². The van der Waals surface area contributed by atoms with Crippen LogP contribution in [0.1, 0.15) is 5.56 Å². The molecule has 3 N–H and O–H groups in total. The molecule has 1 amide bonds. The lowest BCUT2D eigenvalue weighted by molar-refractivity contribution is -0.194. The molecule has 0 heterocycles. The van der Waals surface area contributed by atoms with Crippen LogP contribution < -0.4 is 11.1 Å². The monoisotopic (exact) mass is 382 g/mol. The van der Waals surface area contributed by atoms with Gasteiger partial charge in [0.05, 0.1) is 0 Å². The van der Waals surface area contributed by atoms with E-state index in [-0.39, 0.29) is 18.2 Å². The molecular weight excluding hydrogens is 372 g/mol. The quantitative estimate of drug-likeness (QED) is 0.608. The van der Waals surface area contributed by atoms with Crippen LogP contribution in [0.3, 0.4) is 0 Å². The van der Waals surface area contributed by atoms with Crippen molar-refractivity contribution in [2.24, 2.45) is 5.73 Å². The average Bonchev–Trinajstić information content (AvgIpc) is 2.38. The van der Waals surface area contributed by atoms with Crippen LogP contribution in [0.4, 0.5) is 35.1 Å². The first-order valence-electron chi connectivity index (χ1n) is 6.08. The van der Waals surface area contributed by atoms with Crippen molar-refractivity contribution in [2.75, 3.05) is 12.3 Å². The minimum absolute atomic E-state index is 0.223. The largest absolute Gasteiger partial charge is 0.441 e. The number of thioether (sulfide) groups is 1. The predicted molar refractivity (Wildman–Crippen MR) is 69.8 cm³/mol. The van der Waals surface area contributed by atoms with E-state index in [4.69, 9.17) is 5.73 Å². The Labute approximate surface area is 134 Å². The minimum atomic E-state index is -5.45. The molecule has 0 spiro atoms. The number of benzene rings is 1. The molecule has 0 fully saturated rings. The lowest BCUT2D eigenvalue weighted by Crippen LogP contribution is -2.61. The highest BCUT2D eigenvalue weighted by Crippen LogP contribution is 2.37. The molecule has 0 aliphatic carbocycles. The molecule has 0 saturated carbocycles. The Morgan fingerprint density at radius 1 is 1.04 bits per heavy atom. The van der Waals surface area contributed by atoms with E-state index in [1.165, 1.54) is 0 Å². The summed E-state index contributed by atoms with van der Waals surface area (Å²) in [4.78, 5) is 11.8. The van der Waals surface area contributed by atoms with Gasteiger partial charge in [-0.15, -0.1) is 0 Å². The number of rotatable bonds is 5. The zero-order chi connectivity index (χ0) is 18.8. The fourth-order valence-corrected chi connectivity index (χ4v) is 2.11. The highest BCUT2D eigenvalue weighted by Gasteiger charge is 2.59. The second kappa shape index (κ2) is 7.13. The molecule has 0 radical (unpaired) electrons. The highest BCUT2D eigenvalue weighted by atomic mass is 32.2. The number of hydrogen-bond acceptors (Lipinski definition) is 3. The number of halogens is 8. The lowest BCUT2D eigenvalue weighted by atomic mass is 9.89. The second-order valence-electron chi connectivity index (χ2n) is 4.51. The Hall–Kier alpha value is -1.56. The third-order valence-electron chi connectivity index (χ3n) is 2.78. The fourth-order valence-electron chi connectivity index (χ4n) is 1.68. The van der Waals surface area contributed by atoms with Crippen molar-refractivity contribution in [1.82, 2.24) is 5.32 Å². The molecule has 0 unspecified atom stereocenters. The van der Waals surface area contributed by atoms with Gasteiger partial charge in [-0.25, -0.2) is 8.78 Å². The Balaban J connectivity index is 3.02. The third-order valence-corrected chi connectivity index (χ3v) is 3.51. The summed E-state index contributed by atoms with van der Waals surface area (Å²) >= 11 is -0.562. The molecule has 1 aromatic rings. The maximum atomic E-state index is 13.2. The first-order valence-corrected chi connectivity index (χ1v) is 7.07. The van der Waals surface area contributed by atoms with Crippen molar-refractivity contribution in [2.45, 2.75) is 17.2 Å². The Morgan fingerprint density at radius 3 is 1.96 bits per heavy atom. The number of nitrogens with two attached hydrogens (primary N) is 1. The highest BCUT2D eigenvalue weighted by molar-refractivity contribution is 8.00. The molecule has 1 atom stereocenters. The SMILES string of the molecule is N[C@@](C(=O)NCCSC(F)(F)F)(c1cc(F)cc(F)c1)C(F)(F)F. The normalized spacial score (nSPS) is 15.0. The molecule has 12 heteroatoms.